The topological polar surface area (TPSA) is 69.8 Å². The van der Waals surface area contributed by atoms with E-state index in [1.165, 1.54) is 12.8 Å². The number of rotatable bonds is 3. The first-order valence-corrected chi connectivity index (χ1v) is 12.4. The first-order chi connectivity index (χ1) is 16.2. The molecule has 2 atom stereocenters. The van der Waals surface area contributed by atoms with Gasteiger partial charge in [-0.2, -0.15) is 5.26 Å². The Morgan fingerprint density at radius 1 is 1.03 bits per heavy atom. The van der Waals surface area contributed by atoms with Gasteiger partial charge in [0.05, 0.1) is 39.6 Å². The van der Waals surface area contributed by atoms with Crippen LogP contribution in [0.3, 0.4) is 0 Å². The second kappa shape index (κ2) is 8.29. The molecule has 2 fully saturated rings. The Balaban J connectivity index is 1.42. The largest absolute Gasteiger partial charge is 0.348 e. The van der Waals surface area contributed by atoms with E-state index in [0.29, 0.717) is 5.56 Å². The lowest BCUT2D eigenvalue weighted by atomic mass is 9.92. The number of aryl methyl sites for hydroxylation is 1. The van der Waals surface area contributed by atoms with E-state index < -0.39 is 0 Å². The Bertz CT molecular complexity index is 1330. The van der Waals surface area contributed by atoms with Crippen LogP contribution in [-0.2, 0) is 7.05 Å². The van der Waals surface area contributed by atoms with E-state index in [-0.39, 0.29) is 0 Å². The van der Waals surface area contributed by atoms with Gasteiger partial charge in [-0.1, -0.05) is 29.5 Å². The van der Waals surface area contributed by atoms with Gasteiger partial charge < -0.3 is 14.8 Å². The maximum atomic E-state index is 9.22. The predicted molar refractivity (Wildman–Crippen MR) is 133 cm³/mol. The number of fused-ring (bicyclic) bond motifs is 2. The van der Waals surface area contributed by atoms with Crippen molar-refractivity contribution >= 4 is 27.5 Å². The fraction of sp³-hybridized carbons (Fsp3) is 0.346. The van der Waals surface area contributed by atoms with Gasteiger partial charge in [0.25, 0.3) is 0 Å². The molecule has 1 N–H and O–H groups in total. The van der Waals surface area contributed by atoms with E-state index in [9.17, 15) is 5.26 Å². The molecular formula is C26H26N6S. The number of aromatic nitrogens is 3. The van der Waals surface area contributed by atoms with E-state index in [0.717, 1.165) is 75.9 Å². The van der Waals surface area contributed by atoms with Crippen LogP contribution in [0.4, 0.5) is 5.13 Å². The summed E-state index contributed by atoms with van der Waals surface area (Å²) in [6.45, 7) is 4.42. The number of nitrogens with zero attached hydrogens (tertiary/aromatic N) is 5. The summed E-state index contributed by atoms with van der Waals surface area (Å²) in [7, 11) is 2.02. The summed E-state index contributed by atoms with van der Waals surface area (Å²) in [6.07, 6.45) is 4.30. The van der Waals surface area contributed by atoms with Crippen molar-refractivity contribution in [3.05, 3.63) is 54.4 Å². The molecule has 0 bridgehead atoms. The van der Waals surface area contributed by atoms with E-state index in [4.69, 9.17) is 4.98 Å². The molecule has 2 aromatic heterocycles. The van der Waals surface area contributed by atoms with Crippen LogP contribution in [0.15, 0.2) is 48.8 Å². The third-order valence-electron chi connectivity index (χ3n) is 7.18. The molecule has 0 radical (unpaired) electrons. The number of nitrogens with one attached hydrogen (secondary N) is 1. The van der Waals surface area contributed by atoms with Crippen molar-refractivity contribution < 1.29 is 0 Å². The number of thiazole rings is 1. The Morgan fingerprint density at radius 2 is 1.76 bits per heavy atom. The molecule has 6 nitrogen and oxygen atoms in total. The van der Waals surface area contributed by atoms with E-state index in [1.807, 2.05) is 42.2 Å². The van der Waals surface area contributed by atoms with E-state index in [1.54, 1.807) is 11.3 Å². The number of anilines is 1. The normalized spacial score (nSPS) is 20.5. The molecule has 4 aromatic rings. The summed E-state index contributed by atoms with van der Waals surface area (Å²) in [5, 5.41) is 13.9. The lowest BCUT2D eigenvalue weighted by Crippen LogP contribution is -2.25. The summed E-state index contributed by atoms with van der Waals surface area (Å²) < 4.78 is 2.04. The molecular weight excluding hydrogens is 428 g/mol. The molecule has 33 heavy (non-hydrogen) atoms. The first-order valence-electron chi connectivity index (χ1n) is 11.6. The highest BCUT2D eigenvalue weighted by Gasteiger charge is 2.31. The van der Waals surface area contributed by atoms with Crippen LogP contribution in [-0.4, -0.2) is 40.7 Å². The van der Waals surface area contributed by atoms with Crippen molar-refractivity contribution in [1.82, 2.24) is 19.9 Å². The maximum absolute atomic E-state index is 9.22. The Labute approximate surface area is 197 Å². The number of hydrogen-bond acceptors (Lipinski definition) is 6. The molecule has 4 heterocycles. The van der Waals surface area contributed by atoms with Gasteiger partial charge in [0.15, 0.2) is 5.13 Å². The molecule has 0 spiro atoms. The molecule has 7 heteroatoms. The highest BCUT2D eigenvalue weighted by atomic mass is 32.1. The Kier molecular flexibility index (Phi) is 5.12. The quantitative estimate of drug-likeness (QED) is 0.487. The van der Waals surface area contributed by atoms with Crippen molar-refractivity contribution in [3.63, 3.8) is 0 Å². The summed E-state index contributed by atoms with van der Waals surface area (Å²) in [5.74, 6) is 1.58. The molecule has 0 saturated carbocycles. The minimum Gasteiger partial charge on any atom is -0.348 e. The van der Waals surface area contributed by atoms with Gasteiger partial charge in [0, 0.05) is 25.7 Å². The van der Waals surface area contributed by atoms with E-state index >= 15 is 0 Å². The van der Waals surface area contributed by atoms with Crippen LogP contribution in [0, 0.1) is 23.2 Å². The van der Waals surface area contributed by atoms with Gasteiger partial charge in [-0.05, 0) is 67.6 Å². The minimum absolute atomic E-state index is 0.665. The Morgan fingerprint density at radius 3 is 2.48 bits per heavy atom. The van der Waals surface area contributed by atoms with Crippen LogP contribution in [0.5, 0.6) is 0 Å². The molecule has 2 aromatic carbocycles. The fourth-order valence-electron chi connectivity index (χ4n) is 5.22. The average molecular weight is 455 g/mol. The summed E-state index contributed by atoms with van der Waals surface area (Å²) in [5.41, 5.74) is 5.95. The Hall–Kier alpha value is -3.21. The van der Waals surface area contributed by atoms with Crippen LogP contribution >= 0.6 is 11.3 Å². The smallest absolute Gasteiger partial charge is 0.186 e. The SMILES string of the molecule is Cn1cnc2cc(-c3sc(N4CCC5CNC[C@H]5CC4)nc3-c3ccc(C#N)cc3)ccc21. The molecule has 2 saturated heterocycles. The van der Waals surface area contributed by atoms with Gasteiger partial charge >= 0.3 is 0 Å². The van der Waals surface area contributed by atoms with Crippen molar-refractivity contribution in [2.75, 3.05) is 31.1 Å². The number of imidazole rings is 1. The highest BCUT2D eigenvalue weighted by Crippen LogP contribution is 2.42. The molecule has 1 unspecified atom stereocenters. The zero-order chi connectivity index (χ0) is 22.4. The van der Waals surface area contributed by atoms with Crippen LogP contribution < -0.4 is 10.2 Å². The lowest BCUT2D eigenvalue weighted by molar-refractivity contribution is 0.409. The zero-order valence-corrected chi connectivity index (χ0v) is 19.5. The number of nitriles is 1. The predicted octanol–water partition coefficient (Wildman–Crippen LogP) is 4.67. The maximum Gasteiger partial charge on any atom is 0.186 e. The molecule has 0 amide bonds. The molecule has 0 aliphatic carbocycles. The second-order valence-corrected chi connectivity index (χ2v) is 10.1. The summed E-state index contributed by atoms with van der Waals surface area (Å²) in [4.78, 5) is 13.4. The zero-order valence-electron chi connectivity index (χ0n) is 18.7. The minimum atomic E-state index is 0.665. The van der Waals surface area contributed by atoms with Crippen LogP contribution in [0.2, 0.25) is 0 Å². The molecule has 2 aliphatic rings. The van der Waals surface area contributed by atoms with Crippen LogP contribution in [0.1, 0.15) is 18.4 Å². The van der Waals surface area contributed by atoms with Gasteiger partial charge in [-0.3, -0.25) is 0 Å². The van der Waals surface area contributed by atoms with Crippen LogP contribution in [0.25, 0.3) is 32.7 Å². The third-order valence-corrected chi connectivity index (χ3v) is 8.35. The van der Waals surface area contributed by atoms with E-state index in [2.05, 4.69) is 39.5 Å². The van der Waals surface area contributed by atoms with Gasteiger partial charge in [-0.25, -0.2) is 9.97 Å². The van der Waals surface area contributed by atoms with Gasteiger partial charge in [-0.15, -0.1) is 0 Å². The van der Waals surface area contributed by atoms with Gasteiger partial charge in [0.2, 0.25) is 0 Å². The van der Waals surface area contributed by atoms with Crippen molar-refractivity contribution in [2.24, 2.45) is 18.9 Å². The van der Waals surface area contributed by atoms with Crippen molar-refractivity contribution in [2.45, 2.75) is 12.8 Å². The van der Waals surface area contributed by atoms with Crippen molar-refractivity contribution in [3.8, 4) is 27.8 Å². The summed E-state index contributed by atoms with van der Waals surface area (Å²) in [6, 6.07) is 16.5. The number of hydrogen-bond donors (Lipinski definition) is 1. The lowest BCUT2D eigenvalue weighted by Gasteiger charge is -2.19. The highest BCUT2D eigenvalue weighted by molar-refractivity contribution is 7.19. The average Bonchev–Trinajstić information content (AvgIpc) is 3.55. The van der Waals surface area contributed by atoms with Gasteiger partial charge in [0.1, 0.15) is 0 Å². The molecule has 166 valence electrons. The van der Waals surface area contributed by atoms with Crippen molar-refractivity contribution in [1.29, 1.82) is 5.26 Å². The molecule has 2 aliphatic heterocycles. The fourth-order valence-corrected chi connectivity index (χ4v) is 6.36. The third kappa shape index (κ3) is 3.69. The standard InChI is InChI=1S/C26H26N6S/c1-31-16-29-22-12-19(6-7-23(22)31)25-24(18-4-2-17(13-27)3-5-18)30-26(33-25)32-10-8-20-14-28-15-21(20)9-11-32/h2-7,12,16,20-21,28H,8-11,14-15H2,1H3/t20-,21?/m1/s1. The summed E-state index contributed by atoms with van der Waals surface area (Å²) >= 11 is 1.78. The number of benzene rings is 2. The first kappa shape index (κ1) is 20.4. The molecule has 6 rings (SSSR count). The monoisotopic (exact) mass is 454 g/mol. The second-order valence-electron chi connectivity index (χ2n) is 9.17.